The van der Waals surface area contributed by atoms with E-state index >= 15 is 0 Å². The molecule has 1 N–H and O–H groups in total. The van der Waals surface area contributed by atoms with Crippen molar-refractivity contribution in [2.24, 2.45) is 0 Å². The predicted octanol–water partition coefficient (Wildman–Crippen LogP) is -0.335. The predicted molar refractivity (Wildman–Crippen MR) is 58.8 cm³/mol. The molecule has 0 radical (unpaired) electrons. The highest BCUT2D eigenvalue weighted by Gasteiger charge is 2.35. The van der Waals surface area contributed by atoms with E-state index in [1.54, 1.807) is 23.9 Å². The fourth-order valence-electron chi connectivity index (χ4n) is 1.98. The molecule has 1 fully saturated rings. The summed E-state index contributed by atoms with van der Waals surface area (Å²) in [6.07, 6.45) is 0.302. The van der Waals surface area contributed by atoms with E-state index in [0.717, 1.165) is 6.54 Å². The van der Waals surface area contributed by atoms with Gasteiger partial charge in [0.25, 0.3) is 0 Å². The molecule has 2 amide bonds. The third kappa shape index (κ3) is 3.07. The minimum absolute atomic E-state index is 0.0154. The summed E-state index contributed by atoms with van der Waals surface area (Å²) in [6.45, 7) is 1.26. The van der Waals surface area contributed by atoms with Crippen molar-refractivity contribution < 1.29 is 9.90 Å². The number of carbonyl (C=O) groups excluding carboxylic acids is 1. The van der Waals surface area contributed by atoms with Crippen molar-refractivity contribution in [2.45, 2.75) is 18.6 Å². The van der Waals surface area contributed by atoms with Crippen LogP contribution in [0.5, 0.6) is 0 Å². The highest BCUT2D eigenvalue weighted by molar-refractivity contribution is 5.74. The quantitative estimate of drug-likeness (QED) is 0.686. The first-order valence-electron chi connectivity index (χ1n) is 5.22. The van der Waals surface area contributed by atoms with E-state index < -0.39 is 0 Å². The Balaban J connectivity index is 2.64. The zero-order chi connectivity index (χ0) is 11.6. The van der Waals surface area contributed by atoms with Crippen LogP contribution in [0.4, 0.5) is 4.79 Å². The zero-order valence-electron chi connectivity index (χ0n) is 9.97. The second-order valence-corrected chi connectivity index (χ2v) is 4.63. The number of hydrogen-bond donors (Lipinski definition) is 1. The Hall–Kier alpha value is -0.810. The van der Waals surface area contributed by atoms with E-state index in [-0.39, 0.29) is 18.2 Å². The first kappa shape index (κ1) is 12.3. The normalized spacial score (nSPS) is 26.1. The van der Waals surface area contributed by atoms with Crippen LogP contribution < -0.4 is 0 Å². The van der Waals surface area contributed by atoms with Crippen LogP contribution in [0.15, 0.2) is 0 Å². The number of rotatable bonds is 2. The van der Waals surface area contributed by atoms with Gasteiger partial charge in [-0.25, -0.2) is 4.79 Å². The number of β-amino-alcohol motifs (C(OH)–C–C–N with tert-alkyl or cyclic N) is 1. The SMILES string of the molecule is CN(C)CC1CC(O)CN1C(=O)N(C)C. The van der Waals surface area contributed by atoms with Gasteiger partial charge in [0.2, 0.25) is 0 Å². The zero-order valence-corrected chi connectivity index (χ0v) is 9.97. The van der Waals surface area contributed by atoms with Gasteiger partial charge in [0.05, 0.1) is 6.10 Å². The Bertz CT molecular complexity index is 231. The van der Waals surface area contributed by atoms with Crippen molar-refractivity contribution >= 4 is 6.03 Å². The van der Waals surface area contributed by atoms with E-state index in [9.17, 15) is 9.90 Å². The molecule has 1 heterocycles. The van der Waals surface area contributed by atoms with Crippen LogP contribution in [0.3, 0.4) is 0 Å². The second-order valence-electron chi connectivity index (χ2n) is 4.63. The molecule has 5 heteroatoms. The minimum Gasteiger partial charge on any atom is -0.391 e. The summed E-state index contributed by atoms with van der Waals surface area (Å²) in [5.41, 5.74) is 0. The monoisotopic (exact) mass is 215 g/mol. The van der Waals surface area contributed by atoms with E-state index in [2.05, 4.69) is 0 Å². The molecule has 2 atom stereocenters. The average Bonchev–Trinajstić information content (AvgIpc) is 2.44. The van der Waals surface area contributed by atoms with Crippen molar-refractivity contribution in [1.82, 2.24) is 14.7 Å². The lowest BCUT2D eigenvalue weighted by atomic mass is 10.2. The summed E-state index contributed by atoms with van der Waals surface area (Å²) >= 11 is 0. The van der Waals surface area contributed by atoms with Gasteiger partial charge in [-0.05, 0) is 20.5 Å². The van der Waals surface area contributed by atoms with Crippen LogP contribution in [0.25, 0.3) is 0 Å². The average molecular weight is 215 g/mol. The summed E-state index contributed by atoms with van der Waals surface area (Å²) in [4.78, 5) is 17.2. The maximum atomic E-state index is 11.8. The molecular formula is C10H21N3O2. The Kier molecular flexibility index (Phi) is 3.93. The fraction of sp³-hybridized carbons (Fsp3) is 0.900. The summed E-state index contributed by atoms with van der Waals surface area (Å²) in [6, 6.07) is 0.114. The molecule has 88 valence electrons. The van der Waals surface area contributed by atoms with Crippen molar-refractivity contribution in [3.63, 3.8) is 0 Å². The molecule has 0 saturated carbocycles. The van der Waals surface area contributed by atoms with Crippen LogP contribution in [-0.2, 0) is 0 Å². The molecule has 0 bridgehead atoms. The lowest BCUT2D eigenvalue weighted by molar-refractivity contribution is 0.148. The third-order valence-corrected chi connectivity index (χ3v) is 2.60. The van der Waals surface area contributed by atoms with E-state index in [4.69, 9.17) is 0 Å². The van der Waals surface area contributed by atoms with Gasteiger partial charge in [0.1, 0.15) is 0 Å². The molecule has 15 heavy (non-hydrogen) atoms. The van der Waals surface area contributed by atoms with Crippen LogP contribution >= 0.6 is 0 Å². The largest absolute Gasteiger partial charge is 0.391 e. The number of hydrogen-bond acceptors (Lipinski definition) is 3. The first-order valence-corrected chi connectivity index (χ1v) is 5.22. The Morgan fingerprint density at radius 3 is 2.47 bits per heavy atom. The Morgan fingerprint density at radius 1 is 1.40 bits per heavy atom. The van der Waals surface area contributed by atoms with Crippen LogP contribution in [0.2, 0.25) is 0 Å². The van der Waals surface area contributed by atoms with Gasteiger partial charge in [-0.15, -0.1) is 0 Å². The van der Waals surface area contributed by atoms with Gasteiger partial charge in [0, 0.05) is 33.2 Å². The Morgan fingerprint density at radius 2 is 2.00 bits per heavy atom. The van der Waals surface area contributed by atoms with Crippen LogP contribution in [0.1, 0.15) is 6.42 Å². The molecule has 1 saturated heterocycles. The molecule has 0 aromatic heterocycles. The van der Waals surface area contributed by atoms with Gasteiger partial charge in [0.15, 0.2) is 0 Å². The van der Waals surface area contributed by atoms with Gasteiger partial charge >= 0.3 is 6.03 Å². The topological polar surface area (TPSA) is 47.0 Å². The van der Waals surface area contributed by atoms with E-state index in [1.807, 2.05) is 19.0 Å². The summed E-state index contributed by atoms with van der Waals surface area (Å²) in [7, 11) is 7.42. The summed E-state index contributed by atoms with van der Waals surface area (Å²) in [5, 5.41) is 9.58. The molecule has 0 aliphatic carbocycles. The number of carbonyl (C=O) groups is 1. The lowest BCUT2D eigenvalue weighted by Gasteiger charge is -2.29. The molecule has 1 aliphatic heterocycles. The molecular weight excluding hydrogens is 194 g/mol. The van der Waals surface area contributed by atoms with E-state index in [0.29, 0.717) is 13.0 Å². The van der Waals surface area contributed by atoms with Crippen molar-refractivity contribution in [3.05, 3.63) is 0 Å². The smallest absolute Gasteiger partial charge is 0.319 e. The van der Waals surface area contributed by atoms with E-state index in [1.165, 1.54) is 0 Å². The number of likely N-dealkylation sites (tertiary alicyclic amines) is 1. The Labute approximate surface area is 91.3 Å². The number of nitrogens with zero attached hydrogens (tertiary/aromatic N) is 3. The number of likely N-dealkylation sites (N-methyl/N-ethyl adjacent to an activating group) is 1. The number of aliphatic hydroxyl groups excluding tert-OH is 1. The summed E-state index contributed by atoms with van der Waals surface area (Å²) in [5.74, 6) is 0. The van der Waals surface area contributed by atoms with Gasteiger partial charge in [-0.1, -0.05) is 0 Å². The van der Waals surface area contributed by atoms with Crippen molar-refractivity contribution in [2.75, 3.05) is 41.3 Å². The third-order valence-electron chi connectivity index (χ3n) is 2.60. The highest BCUT2D eigenvalue weighted by atomic mass is 16.3. The van der Waals surface area contributed by atoms with Crippen LogP contribution in [0, 0.1) is 0 Å². The minimum atomic E-state index is -0.376. The van der Waals surface area contributed by atoms with Crippen molar-refractivity contribution in [1.29, 1.82) is 0 Å². The molecule has 2 unspecified atom stereocenters. The molecule has 1 aliphatic rings. The number of aliphatic hydroxyl groups is 1. The van der Waals surface area contributed by atoms with Crippen molar-refractivity contribution in [3.8, 4) is 0 Å². The molecule has 0 spiro atoms. The lowest BCUT2D eigenvalue weighted by Crippen LogP contribution is -2.45. The number of urea groups is 1. The fourth-order valence-corrected chi connectivity index (χ4v) is 1.98. The first-order chi connectivity index (χ1) is 6.91. The maximum Gasteiger partial charge on any atom is 0.319 e. The van der Waals surface area contributed by atoms with Gasteiger partial charge < -0.3 is 19.8 Å². The molecule has 0 aromatic rings. The highest BCUT2D eigenvalue weighted by Crippen LogP contribution is 2.19. The second kappa shape index (κ2) is 4.81. The standard InChI is InChI=1S/C10H21N3O2/c1-11(2)6-8-5-9(14)7-13(8)10(15)12(3)4/h8-9,14H,5-7H2,1-4H3. The van der Waals surface area contributed by atoms with Crippen LogP contribution in [-0.4, -0.2) is 79.3 Å². The van der Waals surface area contributed by atoms with Gasteiger partial charge in [-0.3, -0.25) is 0 Å². The molecule has 1 rings (SSSR count). The maximum absolute atomic E-state index is 11.8. The summed E-state index contributed by atoms with van der Waals surface area (Å²) < 4.78 is 0. The molecule has 0 aromatic carbocycles. The number of amides is 2. The van der Waals surface area contributed by atoms with Gasteiger partial charge in [-0.2, -0.15) is 0 Å². The molecule has 5 nitrogen and oxygen atoms in total.